The fraction of sp³-hybridized carbons (Fsp3) is 0.818. The average molecular weight is 213 g/mol. The third-order valence-electron chi connectivity index (χ3n) is 2.71. The molecule has 0 amide bonds. The van der Waals surface area contributed by atoms with E-state index in [-0.39, 0.29) is 5.90 Å². The second kappa shape index (κ2) is 6.43. The van der Waals surface area contributed by atoms with Crippen LogP contribution in [-0.2, 0) is 9.47 Å². The van der Waals surface area contributed by atoms with Crippen LogP contribution in [0.15, 0.2) is 0 Å². The predicted molar refractivity (Wildman–Crippen MR) is 57.0 cm³/mol. The Morgan fingerprint density at radius 2 is 2.00 bits per heavy atom. The number of hydrogen-bond acceptors (Lipinski definition) is 4. The highest BCUT2D eigenvalue weighted by molar-refractivity contribution is 5.81. The lowest BCUT2D eigenvalue weighted by Gasteiger charge is -2.20. The highest BCUT2D eigenvalue weighted by Gasteiger charge is 2.14. The molecule has 0 spiro atoms. The van der Waals surface area contributed by atoms with Crippen molar-refractivity contribution >= 4 is 12.1 Å². The summed E-state index contributed by atoms with van der Waals surface area (Å²) in [6, 6.07) is 0. The summed E-state index contributed by atoms with van der Waals surface area (Å²) in [5, 5.41) is 6.93. The van der Waals surface area contributed by atoms with Crippen molar-refractivity contribution in [3.8, 4) is 0 Å². The first-order chi connectivity index (χ1) is 7.18. The molecule has 0 saturated heterocycles. The minimum atomic E-state index is -0.752. The summed E-state index contributed by atoms with van der Waals surface area (Å²) in [6.45, 7) is 1.82. The average Bonchev–Trinajstić information content (AvgIpc) is 2.18. The predicted octanol–water partition coefficient (Wildman–Crippen LogP) is 3.11. The second-order valence-electron chi connectivity index (χ2n) is 4.05. The summed E-state index contributed by atoms with van der Waals surface area (Å²) >= 11 is 0. The van der Waals surface area contributed by atoms with Gasteiger partial charge in [-0.15, -0.1) is 0 Å². The molecule has 0 bridgehead atoms. The van der Waals surface area contributed by atoms with Gasteiger partial charge in [0.05, 0.1) is 6.61 Å². The molecule has 1 N–H and O–H groups in total. The number of carbonyl (C=O) groups excluding carboxylic acids is 1. The van der Waals surface area contributed by atoms with Crippen molar-refractivity contribution < 1.29 is 14.3 Å². The van der Waals surface area contributed by atoms with E-state index in [2.05, 4.69) is 4.74 Å². The first-order valence-corrected chi connectivity index (χ1v) is 5.58. The zero-order chi connectivity index (χ0) is 11.1. The van der Waals surface area contributed by atoms with Crippen LogP contribution in [0.5, 0.6) is 0 Å². The maximum atomic E-state index is 10.9. The normalized spacial score (nSPS) is 17.1. The molecule has 0 aromatic rings. The number of nitrogens with one attached hydrogen (secondary N) is 1. The molecule has 0 aromatic carbocycles. The molecule has 1 saturated carbocycles. The standard InChI is InChI=1S/C11H19NO3/c1-9(12)15-11(13)14-8-7-10-5-3-2-4-6-10/h10,12H,2-8H2,1H3. The van der Waals surface area contributed by atoms with Crippen LogP contribution in [0.4, 0.5) is 4.79 Å². The van der Waals surface area contributed by atoms with E-state index >= 15 is 0 Å². The van der Waals surface area contributed by atoms with Crippen LogP contribution >= 0.6 is 0 Å². The minimum Gasteiger partial charge on any atom is -0.434 e. The summed E-state index contributed by atoms with van der Waals surface area (Å²) in [5.74, 6) is 0.574. The van der Waals surface area contributed by atoms with Crippen molar-refractivity contribution in [2.24, 2.45) is 5.92 Å². The lowest BCUT2D eigenvalue weighted by molar-refractivity contribution is 0.0871. The Morgan fingerprint density at radius 3 is 2.60 bits per heavy atom. The summed E-state index contributed by atoms with van der Waals surface area (Å²) in [6.07, 6.45) is 6.62. The molecule has 1 fully saturated rings. The molecule has 0 aromatic heterocycles. The maximum Gasteiger partial charge on any atom is 0.514 e. The first-order valence-electron chi connectivity index (χ1n) is 5.58. The van der Waals surface area contributed by atoms with Gasteiger partial charge in [-0.1, -0.05) is 32.1 Å². The Hall–Kier alpha value is -1.06. The van der Waals surface area contributed by atoms with Crippen LogP contribution in [0.2, 0.25) is 0 Å². The number of hydrogen-bond donors (Lipinski definition) is 1. The van der Waals surface area contributed by atoms with Crippen LogP contribution < -0.4 is 0 Å². The molecule has 1 aliphatic rings. The molecule has 0 radical (unpaired) electrons. The largest absolute Gasteiger partial charge is 0.514 e. The van der Waals surface area contributed by atoms with Gasteiger partial charge in [0.2, 0.25) is 0 Å². The number of rotatable bonds is 3. The Balaban J connectivity index is 2.04. The highest BCUT2D eigenvalue weighted by atomic mass is 16.7. The third-order valence-corrected chi connectivity index (χ3v) is 2.71. The lowest BCUT2D eigenvalue weighted by Crippen LogP contribution is -2.14. The van der Waals surface area contributed by atoms with E-state index in [0.717, 1.165) is 6.42 Å². The molecular weight excluding hydrogens is 194 g/mol. The van der Waals surface area contributed by atoms with Crippen LogP contribution in [0, 0.1) is 11.3 Å². The zero-order valence-corrected chi connectivity index (χ0v) is 9.25. The monoisotopic (exact) mass is 213 g/mol. The van der Waals surface area contributed by atoms with Gasteiger partial charge in [-0.2, -0.15) is 0 Å². The van der Waals surface area contributed by atoms with Crippen LogP contribution in [0.25, 0.3) is 0 Å². The van der Waals surface area contributed by atoms with E-state index in [1.807, 2.05) is 0 Å². The Labute approximate surface area is 90.5 Å². The number of carbonyl (C=O) groups is 1. The van der Waals surface area contributed by atoms with Gasteiger partial charge in [0.1, 0.15) is 0 Å². The first kappa shape index (κ1) is 12.0. The SMILES string of the molecule is CC(=N)OC(=O)OCCC1CCCCC1. The fourth-order valence-electron chi connectivity index (χ4n) is 1.94. The van der Waals surface area contributed by atoms with Crippen molar-refractivity contribution in [1.82, 2.24) is 0 Å². The molecule has 4 heteroatoms. The van der Waals surface area contributed by atoms with Gasteiger partial charge in [0.25, 0.3) is 0 Å². The molecule has 0 unspecified atom stereocenters. The molecule has 1 aliphatic carbocycles. The van der Waals surface area contributed by atoms with E-state index in [9.17, 15) is 4.79 Å². The Morgan fingerprint density at radius 1 is 1.33 bits per heavy atom. The second-order valence-corrected chi connectivity index (χ2v) is 4.05. The summed E-state index contributed by atoms with van der Waals surface area (Å²) in [4.78, 5) is 10.9. The van der Waals surface area contributed by atoms with Gasteiger partial charge in [-0.05, 0) is 12.3 Å². The number of ether oxygens (including phenoxy) is 2. The Bertz CT molecular complexity index is 222. The van der Waals surface area contributed by atoms with Crippen molar-refractivity contribution in [2.45, 2.75) is 45.4 Å². The molecule has 86 valence electrons. The fourth-order valence-corrected chi connectivity index (χ4v) is 1.94. The molecule has 15 heavy (non-hydrogen) atoms. The zero-order valence-electron chi connectivity index (χ0n) is 9.25. The summed E-state index contributed by atoms with van der Waals surface area (Å²) < 4.78 is 9.32. The van der Waals surface area contributed by atoms with Gasteiger partial charge in [0.15, 0.2) is 5.90 Å². The molecule has 0 aliphatic heterocycles. The lowest BCUT2D eigenvalue weighted by atomic mass is 9.87. The molecular formula is C11H19NO3. The van der Waals surface area contributed by atoms with Crippen LogP contribution in [-0.4, -0.2) is 18.7 Å². The van der Waals surface area contributed by atoms with Crippen LogP contribution in [0.3, 0.4) is 0 Å². The van der Waals surface area contributed by atoms with E-state index < -0.39 is 6.16 Å². The molecule has 1 rings (SSSR count). The van der Waals surface area contributed by atoms with E-state index in [4.69, 9.17) is 10.1 Å². The minimum absolute atomic E-state index is 0.127. The maximum absolute atomic E-state index is 10.9. The van der Waals surface area contributed by atoms with Gasteiger partial charge in [-0.25, -0.2) is 4.79 Å². The van der Waals surface area contributed by atoms with Crippen molar-refractivity contribution in [2.75, 3.05) is 6.61 Å². The summed E-state index contributed by atoms with van der Waals surface area (Å²) in [7, 11) is 0. The quantitative estimate of drug-likeness (QED) is 0.445. The topological polar surface area (TPSA) is 59.4 Å². The molecule has 4 nitrogen and oxygen atoms in total. The molecule has 0 atom stereocenters. The highest BCUT2D eigenvalue weighted by Crippen LogP contribution is 2.26. The molecule has 0 heterocycles. The van der Waals surface area contributed by atoms with Crippen LogP contribution in [0.1, 0.15) is 45.4 Å². The van der Waals surface area contributed by atoms with E-state index in [1.165, 1.54) is 39.0 Å². The third kappa shape index (κ3) is 5.40. The van der Waals surface area contributed by atoms with Crippen molar-refractivity contribution in [3.63, 3.8) is 0 Å². The van der Waals surface area contributed by atoms with Crippen molar-refractivity contribution in [1.29, 1.82) is 5.41 Å². The van der Waals surface area contributed by atoms with Gasteiger partial charge in [0, 0.05) is 6.92 Å². The smallest absolute Gasteiger partial charge is 0.434 e. The summed E-state index contributed by atoms with van der Waals surface area (Å²) in [5.41, 5.74) is 0. The van der Waals surface area contributed by atoms with E-state index in [0.29, 0.717) is 12.5 Å². The Kier molecular flexibility index (Phi) is 5.15. The van der Waals surface area contributed by atoms with Gasteiger partial charge < -0.3 is 9.47 Å². The van der Waals surface area contributed by atoms with E-state index in [1.54, 1.807) is 0 Å². The van der Waals surface area contributed by atoms with Gasteiger partial charge in [-0.3, -0.25) is 5.41 Å². The van der Waals surface area contributed by atoms with Gasteiger partial charge >= 0.3 is 6.16 Å². The van der Waals surface area contributed by atoms with Crippen molar-refractivity contribution in [3.05, 3.63) is 0 Å².